The third kappa shape index (κ3) is 3.62. The molecule has 0 radical (unpaired) electrons. The van der Waals surface area contributed by atoms with Crippen LogP contribution in [0, 0.1) is 5.41 Å². The van der Waals surface area contributed by atoms with Crippen molar-refractivity contribution < 1.29 is 17.9 Å². The lowest BCUT2D eigenvalue weighted by Crippen LogP contribution is -2.57. The molecule has 3 rings (SSSR count). The van der Waals surface area contributed by atoms with Crippen molar-refractivity contribution >= 4 is 15.9 Å². The van der Waals surface area contributed by atoms with Gasteiger partial charge >= 0.3 is 0 Å². The highest BCUT2D eigenvalue weighted by molar-refractivity contribution is 7.88. The van der Waals surface area contributed by atoms with Crippen LogP contribution in [0.3, 0.4) is 0 Å². The van der Waals surface area contributed by atoms with Crippen LogP contribution in [-0.2, 0) is 21.8 Å². The molecule has 0 saturated carbocycles. The number of hydrogen-bond donors (Lipinski definition) is 1. The summed E-state index contributed by atoms with van der Waals surface area (Å²) in [5.41, 5.74) is 0.457. The van der Waals surface area contributed by atoms with Crippen LogP contribution in [-0.4, -0.2) is 67.6 Å². The van der Waals surface area contributed by atoms with Crippen LogP contribution in [0.4, 0.5) is 0 Å². The fourth-order valence-corrected chi connectivity index (χ4v) is 4.55. The van der Waals surface area contributed by atoms with Crippen LogP contribution in [0.15, 0.2) is 12.4 Å². The molecule has 3 heterocycles. The maximum Gasteiger partial charge on any atom is 0.257 e. The number of hydrogen-bond acceptors (Lipinski definition) is 5. The maximum absolute atomic E-state index is 12.5. The Kier molecular flexibility index (Phi) is 4.67. The van der Waals surface area contributed by atoms with Crippen molar-refractivity contribution in [3.8, 4) is 0 Å². The van der Waals surface area contributed by atoms with Gasteiger partial charge in [0, 0.05) is 32.9 Å². The predicted molar refractivity (Wildman–Crippen MR) is 88.0 cm³/mol. The summed E-state index contributed by atoms with van der Waals surface area (Å²) in [5, 5.41) is 4.04. The van der Waals surface area contributed by atoms with Crippen molar-refractivity contribution in [2.75, 3.05) is 32.6 Å². The third-order valence-electron chi connectivity index (χ3n) is 5.12. The molecule has 1 spiro atoms. The number of likely N-dealkylation sites (tertiary alicyclic amines) is 1. The van der Waals surface area contributed by atoms with Gasteiger partial charge in [0.05, 0.1) is 30.7 Å². The molecule has 0 aliphatic carbocycles. The summed E-state index contributed by atoms with van der Waals surface area (Å²) in [6.45, 7) is 2.27. The van der Waals surface area contributed by atoms with E-state index in [1.54, 1.807) is 24.1 Å². The van der Waals surface area contributed by atoms with E-state index in [-0.39, 0.29) is 17.4 Å². The fourth-order valence-electron chi connectivity index (χ4n) is 3.71. The summed E-state index contributed by atoms with van der Waals surface area (Å²) < 4.78 is 33.1. The number of aryl methyl sites for hydroxylation is 1. The van der Waals surface area contributed by atoms with Gasteiger partial charge in [-0.15, -0.1) is 0 Å². The normalized spacial score (nSPS) is 24.2. The lowest BCUT2D eigenvalue weighted by molar-refractivity contribution is -0.0400. The average molecular weight is 356 g/mol. The average Bonchev–Trinajstić information content (AvgIpc) is 2.95. The lowest BCUT2D eigenvalue weighted by Gasteiger charge is -2.48. The number of carbonyl (C=O) groups is 1. The number of nitrogens with one attached hydrogen (secondary N) is 1. The summed E-state index contributed by atoms with van der Waals surface area (Å²) in [4.78, 5) is 14.4. The molecule has 1 atom stereocenters. The van der Waals surface area contributed by atoms with Crippen molar-refractivity contribution in [1.82, 2.24) is 19.4 Å². The molecule has 1 aromatic rings. The standard InChI is InChI=1S/C15H24N4O4S/c1-18-10-12(9-16-18)14(20)19-6-3-15(4-7-19)5-8-23-11-13(15)17-24(2,21)22/h9-10,13,17H,3-8,11H2,1-2H3. The number of nitrogens with zero attached hydrogens (tertiary/aromatic N) is 3. The third-order valence-corrected chi connectivity index (χ3v) is 5.84. The second-order valence-electron chi connectivity index (χ2n) is 6.82. The number of aromatic nitrogens is 2. The molecule has 0 aromatic carbocycles. The van der Waals surface area contributed by atoms with E-state index in [2.05, 4.69) is 9.82 Å². The molecule has 1 amide bonds. The quantitative estimate of drug-likeness (QED) is 0.822. The summed E-state index contributed by atoms with van der Waals surface area (Å²) in [7, 11) is -1.51. The van der Waals surface area contributed by atoms with E-state index in [1.165, 1.54) is 6.26 Å². The molecular formula is C15H24N4O4S. The second kappa shape index (κ2) is 6.45. The molecule has 9 heteroatoms. The van der Waals surface area contributed by atoms with Crippen molar-refractivity contribution in [3.63, 3.8) is 0 Å². The van der Waals surface area contributed by atoms with E-state index in [0.717, 1.165) is 19.3 Å². The molecule has 134 valence electrons. The molecule has 8 nitrogen and oxygen atoms in total. The molecular weight excluding hydrogens is 332 g/mol. The minimum absolute atomic E-state index is 0.0161. The molecule has 1 unspecified atom stereocenters. The van der Waals surface area contributed by atoms with E-state index in [9.17, 15) is 13.2 Å². The number of ether oxygens (including phenoxy) is 1. The van der Waals surface area contributed by atoms with Gasteiger partial charge in [-0.3, -0.25) is 9.48 Å². The van der Waals surface area contributed by atoms with Gasteiger partial charge in [0.15, 0.2) is 0 Å². The smallest absolute Gasteiger partial charge is 0.257 e. The largest absolute Gasteiger partial charge is 0.380 e. The first kappa shape index (κ1) is 17.4. The molecule has 24 heavy (non-hydrogen) atoms. The first-order valence-electron chi connectivity index (χ1n) is 8.12. The van der Waals surface area contributed by atoms with Gasteiger partial charge in [0.25, 0.3) is 5.91 Å². The maximum atomic E-state index is 12.5. The van der Waals surface area contributed by atoms with Gasteiger partial charge < -0.3 is 9.64 Å². The molecule has 0 bridgehead atoms. The molecule has 1 aromatic heterocycles. The molecule has 2 fully saturated rings. The summed E-state index contributed by atoms with van der Waals surface area (Å²) in [6, 6.07) is -0.225. The fraction of sp³-hybridized carbons (Fsp3) is 0.733. The predicted octanol–water partition coefficient (Wildman–Crippen LogP) is -0.0194. The Balaban J connectivity index is 1.69. The molecule has 1 N–H and O–H groups in total. The van der Waals surface area contributed by atoms with E-state index < -0.39 is 10.0 Å². The first-order chi connectivity index (χ1) is 11.3. The Hall–Kier alpha value is -1.45. The van der Waals surface area contributed by atoms with Crippen molar-refractivity contribution in [1.29, 1.82) is 0 Å². The lowest BCUT2D eigenvalue weighted by atomic mass is 9.69. The summed E-state index contributed by atoms with van der Waals surface area (Å²) in [5.74, 6) is -0.0161. The van der Waals surface area contributed by atoms with Crippen molar-refractivity contribution in [3.05, 3.63) is 18.0 Å². The number of amides is 1. The number of sulfonamides is 1. The second-order valence-corrected chi connectivity index (χ2v) is 8.60. The van der Waals surface area contributed by atoms with Crippen LogP contribution in [0.25, 0.3) is 0 Å². The van der Waals surface area contributed by atoms with Gasteiger partial charge in [0.1, 0.15) is 0 Å². The Labute approximate surface area is 142 Å². The van der Waals surface area contributed by atoms with Crippen LogP contribution in [0.5, 0.6) is 0 Å². The van der Waals surface area contributed by atoms with Crippen LogP contribution < -0.4 is 4.72 Å². The highest BCUT2D eigenvalue weighted by atomic mass is 32.2. The molecule has 2 saturated heterocycles. The number of piperidine rings is 1. The van der Waals surface area contributed by atoms with E-state index >= 15 is 0 Å². The Bertz CT molecular complexity index is 707. The van der Waals surface area contributed by atoms with Crippen molar-refractivity contribution in [2.45, 2.75) is 25.3 Å². The van der Waals surface area contributed by atoms with Gasteiger partial charge in [-0.25, -0.2) is 13.1 Å². The molecule has 2 aliphatic rings. The Morgan fingerprint density at radius 2 is 2.08 bits per heavy atom. The highest BCUT2D eigenvalue weighted by Gasteiger charge is 2.45. The van der Waals surface area contributed by atoms with Crippen LogP contribution in [0.2, 0.25) is 0 Å². The first-order valence-corrected chi connectivity index (χ1v) is 10.0. The van der Waals surface area contributed by atoms with Crippen LogP contribution >= 0.6 is 0 Å². The number of carbonyl (C=O) groups excluding carboxylic acids is 1. The van der Waals surface area contributed by atoms with E-state index in [4.69, 9.17) is 4.74 Å². The van der Waals surface area contributed by atoms with Crippen LogP contribution in [0.1, 0.15) is 29.6 Å². The zero-order valence-electron chi connectivity index (χ0n) is 14.1. The monoisotopic (exact) mass is 356 g/mol. The zero-order chi connectivity index (χ0) is 17.4. The highest BCUT2D eigenvalue weighted by Crippen LogP contribution is 2.41. The van der Waals surface area contributed by atoms with Gasteiger partial charge in [-0.1, -0.05) is 0 Å². The van der Waals surface area contributed by atoms with Crippen molar-refractivity contribution in [2.24, 2.45) is 12.5 Å². The Morgan fingerprint density at radius 1 is 1.38 bits per heavy atom. The summed E-state index contributed by atoms with van der Waals surface area (Å²) in [6.07, 6.45) is 6.83. The minimum atomic E-state index is -3.29. The topological polar surface area (TPSA) is 93.5 Å². The minimum Gasteiger partial charge on any atom is -0.380 e. The number of rotatable bonds is 3. The molecule has 2 aliphatic heterocycles. The Morgan fingerprint density at radius 3 is 2.67 bits per heavy atom. The summed E-state index contributed by atoms with van der Waals surface area (Å²) >= 11 is 0. The van der Waals surface area contributed by atoms with Gasteiger partial charge in [0.2, 0.25) is 10.0 Å². The van der Waals surface area contributed by atoms with E-state index in [1.807, 2.05) is 4.90 Å². The van der Waals surface area contributed by atoms with E-state index in [0.29, 0.717) is 31.9 Å². The SMILES string of the molecule is Cn1cc(C(=O)N2CCC3(CCOCC3NS(C)(=O)=O)CC2)cn1. The van der Waals surface area contributed by atoms with Gasteiger partial charge in [-0.2, -0.15) is 5.10 Å². The zero-order valence-corrected chi connectivity index (χ0v) is 14.9. The van der Waals surface area contributed by atoms with Gasteiger partial charge in [-0.05, 0) is 24.7 Å².